The van der Waals surface area contributed by atoms with Crippen LogP contribution >= 0.6 is 0 Å². The van der Waals surface area contributed by atoms with Crippen molar-refractivity contribution >= 4 is 11.9 Å². The van der Waals surface area contributed by atoms with Gasteiger partial charge in [0.15, 0.2) is 0 Å². The van der Waals surface area contributed by atoms with Gasteiger partial charge in [0.25, 0.3) is 0 Å². The molecule has 1 saturated heterocycles. The molecule has 4 heteroatoms. The first kappa shape index (κ1) is 14.0. The molecule has 0 radical (unpaired) electrons. The molecule has 1 heterocycles. The minimum Gasteiger partial charge on any atom is -0.481 e. The number of piperidine rings is 1. The van der Waals surface area contributed by atoms with E-state index in [0.29, 0.717) is 18.9 Å². The van der Waals surface area contributed by atoms with E-state index in [1.54, 1.807) is 0 Å². The van der Waals surface area contributed by atoms with Crippen molar-refractivity contribution in [1.29, 1.82) is 0 Å². The second-order valence-corrected chi connectivity index (χ2v) is 5.38. The Labute approximate surface area is 103 Å². The molecule has 1 amide bonds. The number of carbonyl (C=O) groups is 2. The Morgan fingerprint density at radius 3 is 2.71 bits per heavy atom. The van der Waals surface area contributed by atoms with Crippen molar-refractivity contribution in [3.63, 3.8) is 0 Å². The predicted octanol–water partition coefficient (Wildman–Crippen LogP) is 2.14. The predicted molar refractivity (Wildman–Crippen MR) is 65.6 cm³/mol. The highest BCUT2D eigenvalue weighted by Crippen LogP contribution is 2.20. The number of amides is 1. The fourth-order valence-corrected chi connectivity index (χ4v) is 2.28. The SMILES string of the molecule is CC(C)CCC(=O)N1CCCC(CC(=O)O)C1. The van der Waals surface area contributed by atoms with E-state index in [2.05, 4.69) is 13.8 Å². The number of carbonyl (C=O) groups excluding carboxylic acids is 1. The monoisotopic (exact) mass is 241 g/mol. The maximum absolute atomic E-state index is 11.9. The number of aliphatic carboxylic acids is 1. The van der Waals surface area contributed by atoms with Gasteiger partial charge >= 0.3 is 5.97 Å². The van der Waals surface area contributed by atoms with E-state index in [0.717, 1.165) is 25.8 Å². The van der Waals surface area contributed by atoms with Crippen LogP contribution in [0.3, 0.4) is 0 Å². The summed E-state index contributed by atoms with van der Waals surface area (Å²) in [6.07, 6.45) is 3.57. The van der Waals surface area contributed by atoms with E-state index in [4.69, 9.17) is 5.11 Å². The second kappa shape index (κ2) is 6.62. The third-order valence-corrected chi connectivity index (χ3v) is 3.27. The third kappa shape index (κ3) is 5.20. The minimum absolute atomic E-state index is 0.143. The molecule has 1 rings (SSSR count). The van der Waals surface area contributed by atoms with Crippen LogP contribution in [0.25, 0.3) is 0 Å². The fourth-order valence-electron chi connectivity index (χ4n) is 2.28. The highest BCUT2D eigenvalue weighted by Gasteiger charge is 2.24. The molecule has 0 saturated carbocycles. The van der Waals surface area contributed by atoms with E-state index >= 15 is 0 Å². The van der Waals surface area contributed by atoms with Crippen molar-refractivity contribution in [3.05, 3.63) is 0 Å². The minimum atomic E-state index is -0.758. The molecule has 0 bridgehead atoms. The first-order chi connectivity index (χ1) is 7.99. The Kier molecular flexibility index (Phi) is 5.45. The molecular formula is C13H23NO3. The smallest absolute Gasteiger partial charge is 0.303 e. The van der Waals surface area contributed by atoms with Gasteiger partial charge in [-0.3, -0.25) is 9.59 Å². The maximum Gasteiger partial charge on any atom is 0.303 e. The van der Waals surface area contributed by atoms with Gasteiger partial charge in [-0.1, -0.05) is 13.8 Å². The lowest BCUT2D eigenvalue weighted by molar-refractivity contribution is -0.140. The molecule has 98 valence electrons. The second-order valence-electron chi connectivity index (χ2n) is 5.38. The number of carboxylic acids is 1. The highest BCUT2D eigenvalue weighted by molar-refractivity contribution is 5.76. The average molecular weight is 241 g/mol. The number of carboxylic acid groups (broad SMARTS) is 1. The van der Waals surface area contributed by atoms with Crippen LogP contribution in [0.4, 0.5) is 0 Å². The van der Waals surface area contributed by atoms with Gasteiger partial charge in [0.05, 0.1) is 0 Å². The molecule has 1 aliphatic rings. The van der Waals surface area contributed by atoms with Crippen molar-refractivity contribution in [1.82, 2.24) is 4.90 Å². The summed E-state index contributed by atoms with van der Waals surface area (Å²) in [5.41, 5.74) is 0. The Hall–Kier alpha value is -1.06. The van der Waals surface area contributed by atoms with Crippen LogP contribution < -0.4 is 0 Å². The summed E-state index contributed by atoms with van der Waals surface area (Å²) < 4.78 is 0. The van der Waals surface area contributed by atoms with Crippen LogP contribution in [0.2, 0.25) is 0 Å². The summed E-state index contributed by atoms with van der Waals surface area (Å²) >= 11 is 0. The first-order valence-electron chi connectivity index (χ1n) is 6.48. The zero-order valence-corrected chi connectivity index (χ0v) is 10.8. The van der Waals surface area contributed by atoms with Crippen LogP contribution in [-0.4, -0.2) is 35.0 Å². The number of rotatable bonds is 5. The van der Waals surface area contributed by atoms with Gasteiger partial charge in [0.1, 0.15) is 0 Å². The zero-order chi connectivity index (χ0) is 12.8. The van der Waals surface area contributed by atoms with E-state index in [9.17, 15) is 9.59 Å². The summed E-state index contributed by atoms with van der Waals surface area (Å²) in [6.45, 7) is 5.64. The fraction of sp³-hybridized carbons (Fsp3) is 0.846. The molecule has 0 aromatic rings. The lowest BCUT2D eigenvalue weighted by Crippen LogP contribution is -2.40. The van der Waals surface area contributed by atoms with E-state index in [-0.39, 0.29) is 18.2 Å². The summed E-state index contributed by atoms with van der Waals surface area (Å²) in [5.74, 6) is 0.114. The lowest BCUT2D eigenvalue weighted by atomic mass is 9.94. The molecular weight excluding hydrogens is 218 g/mol. The number of nitrogens with zero attached hydrogens (tertiary/aromatic N) is 1. The molecule has 0 spiro atoms. The van der Waals surface area contributed by atoms with Gasteiger partial charge in [-0.15, -0.1) is 0 Å². The largest absolute Gasteiger partial charge is 0.481 e. The molecule has 1 unspecified atom stereocenters. The Balaban J connectivity index is 2.37. The van der Waals surface area contributed by atoms with Gasteiger partial charge in [0, 0.05) is 25.9 Å². The van der Waals surface area contributed by atoms with Crippen LogP contribution in [0.5, 0.6) is 0 Å². The van der Waals surface area contributed by atoms with Gasteiger partial charge in [-0.05, 0) is 31.1 Å². The topological polar surface area (TPSA) is 57.6 Å². The Bertz CT molecular complexity index is 276. The highest BCUT2D eigenvalue weighted by atomic mass is 16.4. The molecule has 0 aliphatic carbocycles. The third-order valence-electron chi connectivity index (χ3n) is 3.27. The first-order valence-corrected chi connectivity index (χ1v) is 6.48. The zero-order valence-electron chi connectivity index (χ0n) is 10.8. The molecule has 0 aromatic carbocycles. The molecule has 17 heavy (non-hydrogen) atoms. The summed E-state index contributed by atoms with van der Waals surface area (Å²) in [6, 6.07) is 0. The van der Waals surface area contributed by atoms with E-state index in [1.807, 2.05) is 4.90 Å². The van der Waals surface area contributed by atoms with Gasteiger partial charge in [0.2, 0.25) is 5.91 Å². The normalized spacial score (nSPS) is 20.6. The van der Waals surface area contributed by atoms with Crippen molar-refractivity contribution < 1.29 is 14.7 Å². The van der Waals surface area contributed by atoms with Crippen LogP contribution in [0, 0.1) is 11.8 Å². The summed E-state index contributed by atoms with van der Waals surface area (Å²) in [4.78, 5) is 24.4. The maximum atomic E-state index is 11.9. The van der Waals surface area contributed by atoms with E-state index < -0.39 is 5.97 Å². The molecule has 0 aromatic heterocycles. The molecule has 1 aliphatic heterocycles. The molecule has 1 atom stereocenters. The van der Waals surface area contributed by atoms with Gasteiger partial charge in [-0.2, -0.15) is 0 Å². The summed E-state index contributed by atoms with van der Waals surface area (Å²) in [7, 11) is 0. The van der Waals surface area contributed by atoms with Gasteiger partial charge < -0.3 is 10.0 Å². The number of likely N-dealkylation sites (tertiary alicyclic amines) is 1. The lowest BCUT2D eigenvalue weighted by Gasteiger charge is -2.32. The van der Waals surface area contributed by atoms with Crippen LogP contribution in [0.1, 0.15) is 46.0 Å². The quantitative estimate of drug-likeness (QED) is 0.802. The Morgan fingerprint density at radius 1 is 1.41 bits per heavy atom. The number of hydrogen-bond donors (Lipinski definition) is 1. The van der Waals surface area contributed by atoms with E-state index in [1.165, 1.54) is 0 Å². The Morgan fingerprint density at radius 2 is 2.12 bits per heavy atom. The van der Waals surface area contributed by atoms with Crippen LogP contribution in [-0.2, 0) is 9.59 Å². The van der Waals surface area contributed by atoms with Crippen molar-refractivity contribution in [2.45, 2.75) is 46.0 Å². The molecule has 1 N–H and O–H groups in total. The standard InChI is InChI=1S/C13H23NO3/c1-10(2)5-6-12(15)14-7-3-4-11(9-14)8-13(16)17/h10-11H,3-9H2,1-2H3,(H,16,17). The van der Waals surface area contributed by atoms with Crippen molar-refractivity contribution in [2.75, 3.05) is 13.1 Å². The average Bonchev–Trinajstić information content (AvgIpc) is 2.25. The number of hydrogen-bond acceptors (Lipinski definition) is 2. The van der Waals surface area contributed by atoms with Gasteiger partial charge in [-0.25, -0.2) is 0 Å². The summed E-state index contributed by atoms with van der Waals surface area (Å²) in [5, 5.41) is 8.76. The molecule has 4 nitrogen and oxygen atoms in total. The molecule has 1 fully saturated rings. The van der Waals surface area contributed by atoms with Crippen molar-refractivity contribution in [2.24, 2.45) is 11.8 Å². The van der Waals surface area contributed by atoms with Crippen LogP contribution in [0.15, 0.2) is 0 Å². The van der Waals surface area contributed by atoms with Crippen molar-refractivity contribution in [3.8, 4) is 0 Å².